The second kappa shape index (κ2) is 6.43. The van der Waals surface area contributed by atoms with E-state index in [1.807, 2.05) is 0 Å². The highest BCUT2D eigenvalue weighted by Gasteiger charge is 2.38. The number of carbonyl (C=O) groups excluding carboxylic acids is 1. The van der Waals surface area contributed by atoms with E-state index in [2.05, 4.69) is 0 Å². The number of carbonyl (C=O) groups is 1. The molecular formula is C18H16FNO5. The van der Waals surface area contributed by atoms with Crippen LogP contribution >= 0.6 is 0 Å². The molecule has 7 heteroatoms. The second-order valence-corrected chi connectivity index (χ2v) is 5.51. The molecule has 6 nitrogen and oxygen atoms in total. The lowest BCUT2D eigenvalue weighted by Gasteiger charge is -2.27. The number of benzene rings is 1. The molecule has 1 unspecified atom stereocenters. The van der Waals surface area contributed by atoms with E-state index in [0.717, 1.165) is 0 Å². The molecular weight excluding hydrogens is 329 g/mol. The van der Waals surface area contributed by atoms with Crippen LogP contribution in [0, 0.1) is 12.7 Å². The van der Waals surface area contributed by atoms with Gasteiger partial charge in [0.15, 0.2) is 0 Å². The van der Waals surface area contributed by atoms with Gasteiger partial charge in [-0.25, -0.2) is 14.0 Å². The van der Waals surface area contributed by atoms with E-state index in [9.17, 15) is 14.0 Å². The number of hydrogen-bond donors (Lipinski definition) is 1. The molecule has 3 rings (SSSR count). The van der Waals surface area contributed by atoms with Crippen molar-refractivity contribution in [3.05, 3.63) is 74.9 Å². The van der Waals surface area contributed by atoms with Crippen molar-refractivity contribution in [2.75, 3.05) is 6.61 Å². The van der Waals surface area contributed by atoms with Gasteiger partial charge in [-0.1, -0.05) is 12.1 Å². The summed E-state index contributed by atoms with van der Waals surface area (Å²) in [6.07, 6.45) is 0. The van der Waals surface area contributed by atoms with E-state index < -0.39 is 23.3 Å². The number of halogens is 1. The summed E-state index contributed by atoms with van der Waals surface area (Å²) < 4.78 is 29.4. The maximum Gasteiger partial charge on any atom is 0.343 e. The molecule has 1 aliphatic rings. The molecule has 2 aromatic rings. The first-order valence-corrected chi connectivity index (χ1v) is 7.67. The van der Waals surface area contributed by atoms with E-state index >= 15 is 0 Å². The van der Waals surface area contributed by atoms with Crippen molar-refractivity contribution >= 4 is 5.97 Å². The first-order chi connectivity index (χ1) is 11.9. The lowest BCUT2D eigenvalue weighted by Crippen LogP contribution is -2.31. The zero-order valence-corrected chi connectivity index (χ0v) is 13.7. The standard InChI is InChI=1S/C18H16FNO5/c1-3-23-17(21)15-13(10-5-4-6-11(19)8-10)14-12(25-16(15)20)7-9(2)24-18(14)22/h4-8,13H,3,20H2,1-2H3. The smallest absolute Gasteiger partial charge is 0.343 e. The van der Waals surface area contributed by atoms with E-state index in [-0.39, 0.29) is 29.4 Å². The molecule has 0 radical (unpaired) electrons. The Morgan fingerprint density at radius 1 is 1.36 bits per heavy atom. The van der Waals surface area contributed by atoms with Crippen LogP contribution in [0.5, 0.6) is 5.75 Å². The summed E-state index contributed by atoms with van der Waals surface area (Å²) in [6, 6.07) is 7.06. The van der Waals surface area contributed by atoms with Crippen LogP contribution in [0.15, 0.2) is 51.0 Å². The SMILES string of the molecule is CCOC(=O)C1=C(N)Oc2cc(C)oc(=O)c2C1c1cccc(F)c1. The Labute approximate surface area is 142 Å². The van der Waals surface area contributed by atoms with Crippen molar-refractivity contribution in [3.63, 3.8) is 0 Å². The third kappa shape index (κ3) is 3.00. The highest BCUT2D eigenvalue weighted by atomic mass is 19.1. The van der Waals surface area contributed by atoms with Gasteiger partial charge in [-0.05, 0) is 31.5 Å². The van der Waals surface area contributed by atoms with E-state index in [1.54, 1.807) is 19.9 Å². The van der Waals surface area contributed by atoms with Gasteiger partial charge < -0.3 is 19.6 Å². The number of aryl methyl sites for hydroxylation is 1. The Balaban J connectivity index is 2.28. The molecule has 2 N–H and O–H groups in total. The fourth-order valence-corrected chi connectivity index (χ4v) is 2.84. The number of esters is 1. The van der Waals surface area contributed by atoms with Gasteiger partial charge in [0.1, 0.15) is 22.9 Å². The third-order valence-electron chi connectivity index (χ3n) is 3.81. The monoisotopic (exact) mass is 345 g/mol. The topological polar surface area (TPSA) is 91.8 Å². The average molecular weight is 345 g/mol. The van der Waals surface area contributed by atoms with Crippen molar-refractivity contribution < 1.29 is 23.1 Å². The first-order valence-electron chi connectivity index (χ1n) is 7.67. The molecule has 0 bridgehead atoms. The van der Waals surface area contributed by atoms with Crippen LogP contribution in [-0.4, -0.2) is 12.6 Å². The van der Waals surface area contributed by atoms with Crippen LogP contribution < -0.4 is 16.1 Å². The van der Waals surface area contributed by atoms with Crippen molar-refractivity contribution in [3.8, 4) is 5.75 Å². The third-order valence-corrected chi connectivity index (χ3v) is 3.81. The highest BCUT2D eigenvalue weighted by Crippen LogP contribution is 2.41. The van der Waals surface area contributed by atoms with Gasteiger partial charge in [-0.15, -0.1) is 0 Å². The molecule has 2 heterocycles. The Morgan fingerprint density at radius 3 is 2.80 bits per heavy atom. The minimum Gasteiger partial charge on any atom is -0.462 e. The summed E-state index contributed by atoms with van der Waals surface area (Å²) >= 11 is 0. The van der Waals surface area contributed by atoms with Gasteiger partial charge in [0.2, 0.25) is 5.88 Å². The average Bonchev–Trinajstić information content (AvgIpc) is 2.53. The van der Waals surface area contributed by atoms with E-state index in [4.69, 9.17) is 19.6 Å². The van der Waals surface area contributed by atoms with Crippen LogP contribution in [0.1, 0.15) is 29.7 Å². The van der Waals surface area contributed by atoms with Crippen molar-refractivity contribution in [2.24, 2.45) is 5.73 Å². The normalized spacial score (nSPS) is 16.2. The summed E-state index contributed by atoms with van der Waals surface area (Å²) in [6.45, 7) is 3.34. The van der Waals surface area contributed by atoms with Gasteiger partial charge in [-0.3, -0.25) is 0 Å². The largest absolute Gasteiger partial charge is 0.462 e. The summed E-state index contributed by atoms with van der Waals surface area (Å²) in [7, 11) is 0. The quantitative estimate of drug-likeness (QED) is 0.859. The zero-order chi connectivity index (χ0) is 18.1. The predicted molar refractivity (Wildman–Crippen MR) is 86.4 cm³/mol. The predicted octanol–water partition coefficient (Wildman–Crippen LogP) is 2.35. The number of hydrogen-bond acceptors (Lipinski definition) is 6. The Morgan fingerprint density at radius 2 is 2.12 bits per heavy atom. The molecule has 0 amide bonds. The summed E-state index contributed by atoms with van der Waals surface area (Å²) in [5, 5.41) is 0. The van der Waals surface area contributed by atoms with Crippen molar-refractivity contribution in [1.29, 1.82) is 0 Å². The molecule has 0 spiro atoms. The fourth-order valence-electron chi connectivity index (χ4n) is 2.84. The number of nitrogens with two attached hydrogens (primary N) is 1. The summed E-state index contributed by atoms with van der Waals surface area (Å²) in [5.74, 6) is -1.88. The van der Waals surface area contributed by atoms with Crippen molar-refractivity contribution in [1.82, 2.24) is 0 Å². The summed E-state index contributed by atoms with van der Waals surface area (Å²) in [4.78, 5) is 24.8. The molecule has 25 heavy (non-hydrogen) atoms. The Bertz CT molecular complexity index is 931. The number of rotatable bonds is 3. The van der Waals surface area contributed by atoms with Crippen LogP contribution in [-0.2, 0) is 9.53 Å². The van der Waals surface area contributed by atoms with Crippen LogP contribution in [0.25, 0.3) is 0 Å². The first kappa shape index (κ1) is 16.8. The molecule has 0 saturated carbocycles. The lowest BCUT2D eigenvalue weighted by atomic mass is 9.83. The Hall–Kier alpha value is -3.09. The minimum absolute atomic E-state index is 0.0592. The van der Waals surface area contributed by atoms with Crippen molar-refractivity contribution in [2.45, 2.75) is 19.8 Å². The molecule has 1 aromatic carbocycles. The van der Waals surface area contributed by atoms with Gasteiger partial charge in [0.05, 0.1) is 18.1 Å². The second-order valence-electron chi connectivity index (χ2n) is 5.51. The molecule has 1 aliphatic heterocycles. The van der Waals surface area contributed by atoms with Crippen LogP contribution in [0.2, 0.25) is 0 Å². The Kier molecular flexibility index (Phi) is 4.31. The molecule has 1 aromatic heterocycles. The van der Waals surface area contributed by atoms with Gasteiger partial charge in [0.25, 0.3) is 0 Å². The van der Waals surface area contributed by atoms with E-state index in [1.165, 1.54) is 24.3 Å². The minimum atomic E-state index is -0.949. The molecule has 0 fully saturated rings. The van der Waals surface area contributed by atoms with Gasteiger partial charge >= 0.3 is 11.6 Å². The number of fused-ring (bicyclic) bond motifs is 1. The fraction of sp³-hybridized carbons (Fsp3) is 0.222. The molecule has 0 aliphatic carbocycles. The van der Waals surface area contributed by atoms with E-state index in [0.29, 0.717) is 11.3 Å². The molecule has 130 valence electrons. The highest BCUT2D eigenvalue weighted by molar-refractivity contribution is 5.92. The maximum absolute atomic E-state index is 13.7. The lowest BCUT2D eigenvalue weighted by molar-refractivity contribution is -0.139. The number of ether oxygens (including phenoxy) is 2. The van der Waals surface area contributed by atoms with Gasteiger partial charge in [0, 0.05) is 6.07 Å². The van der Waals surface area contributed by atoms with Gasteiger partial charge in [-0.2, -0.15) is 0 Å². The zero-order valence-electron chi connectivity index (χ0n) is 13.7. The molecule has 0 saturated heterocycles. The van der Waals surface area contributed by atoms with Crippen LogP contribution in [0.3, 0.4) is 0 Å². The summed E-state index contributed by atoms with van der Waals surface area (Å²) in [5.41, 5.74) is 5.62. The maximum atomic E-state index is 13.7. The molecule has 1 atom stereocenters. The van der Waals surface area contributed by atoms with Crippen LogP contribution in [0.4, 0.5) is 4.39 Å².